The minimum Gasteiger partial charge on any atom is -0.503 e. The van der Waals surface area contributed by atoms with Crippen LogP contribution in [0, 0.1) is 0 Å². The molecule has 0 radical (unpaired) electrons. The van der Waals surface area contributed by atoms with Crippen LogP contribution >= 0.6 is 23.2 Å². The molecule has 162 valence electrons. The van der Waals surface area contributed by atoms with Crippen LogP contribution in [-0.4, -0.2) is 56.2 Å². The Bertz CT molecular complexity index is 960. The van der Waals surface area contributed by atoms with Crippen molar-refractivity contribution in [3.05, 3.63) is 45.6 Å². The van der Waals surface area contributed by atoms with Crippen LogP contribution in [0.25, 0.3) is 0 Å². The molecule has 2 aromatic rings. The molecule has 1 aromatic carbocycles. The normalized spacial score (nSPS) is 10.6. The van der Waals surface area contributed by atoms with E-state index in [1.807, 2.05) is 0 Å². The Morgan fingerprint density at radius 2 is 1.83 bits per heavy atom. The first-order valence-electron chi connectivity index (χ1n) is 8.89. The maximum Gasteiger partial charge on any atom is 0.305 e. The Morgan fingerprint density at radius 1 is 1.13 bits per heavy atom. The minimum absolute atomic E-state index is 0.0118. The Balaban J connectivity index is 2.02. The summed E-state index contributed by atoms with van der Waals surface area (Å²) in [6, 6.07) is 4.95. The molecule has 0 bridgehead atoms. The minimum atomic E-state index is -1.03. The van der Waals surface area contributed by atoms with E-state index in [9.17, 15) is 24.6 Å². The van der Waals surface area contributed by atoms with Gasteiger partial charge in [-0.15, -0.1) is 0 Å². The first kappa shape index (κ1) is 23.4. The van der Waals surface area contributed by atoms with E-state index in [2.05, 4.69) is 5.32 Å². The van der Waals surface area contributed by atoms with Crippen LogP contribution in [0.2, 0.25) is 10.0 Å². The van der Waals surface area contributed by atoms with Crippen molar-refractivity contribution in [3.63, 3.8) is 0 Å². The first-order valence-corrected chi connectivity index (χ1v) is 9.64. The summed E-state index contributed by atoms with van der Waals surface area (Å²) < 4.78 is 1.17. The van der Waals surface area contributed by atoms with Gasteiger partial charge in [0.2, 0.25) is 11.8 Å². The van der Waals surface area contributed by atoms with E-state index >= 15 is 0 Å². The van der Waals surface area contributed by atoms with E-state index in [0.29, 0.717) is 10.0 Å². The molecule has 2 amide bonds. The van der Waals surface area contributed by atoms with Crippen LogP contribution in [0.15, 0.2) is 24.4 Å². The summed E-state index contributed by atoms with van der Waals surface area (Å²) >= 11 is 11.9. The second-order valence-electron chi connectivity index (χ2n) is 6.56. The van der Waals surface area contributed by atoms with Crippen molar-refractivity contribution in [2.75, 3.05) is 13.6 Å². The largest absolute Gasteiger partial charge is 0.503 e. The van der Waals surface area contributed by atoms with Crippen molar-refractivity contribution in [2.45, 2.75) is 25.9 Å². The molecule has 0 saturated heterocycles. The fraction of sp³-hybridized carbons (Fsp3) is 0.316. The van der Waals surface area contributed by atoms with Crippen molar-refractivity contribution < 1.29 is 29.7 Å². The van der Waals surface area contributed by atoms with E-state index in [4.69, 9.17) is 28.3 Å². The van der Waals surface area contributed by atoms with E-state index in [1.54, 1.807) is 18.2 Å². The third kappa shape index (κ3) is 6.04. The Morgan fingerprint density at radius 3 is 2.47 bits per heavy atom. The van der Waals surface area contributed by atoms with Gasteiger partial charge in [0, 0.05) is 39.3 Å². The van der Waals surface area contributed by atoms with Gasteiger partial charge in [-0.1, -0.05) is 29.3 Å². The van der Waals surface area contributed by atoms with Gasteiger partial charge in [0.15, 0.2) is 5.75 Å². The number of nitrogens with one attached hydrogen (secondary N) is 1. The number of carboxylic acid groups (broad SMARTS) is 1. The fourth-order valence-electron chi connectivity index (χ4n) is 2.67. The van der Waals surface area contributed by atoms with Crippen LogP contribution in [0.1, 0.15) is 28.8 Å². The maximum atomic E-state index is 12.7. The number of aromatic nitrogens is 1. The van der Waals surface area contributed by atoms with Gasteiger partial charge in [-0.3, -0.25) is 14.4 Å². The number of carbonyl (C=O) groups is 3. The molecule has 0 fully saturated rings. The molecule has 0 aliphatic carbocycles. The molecule has 0 aliphatic heterocycles. The zero-order chi connectivity index (χ0) is 22.4. The number of rotatable bonds is 9. The number of aromatic hydroxyl groups is 2. The van der Waals surface area contributed by atoms with Gasteiger partial charge in [0.25, 0.3) is 5.91 Å². The number of amides is 2. The molecule has 2 rings (SSSR count). The number of benzene rings is 1. The summed E-state index contributed by atoms with van der Waals surface area (Å²) in [5, 5.41) is 31.9. The molecular formula is C19H21Cl2N3O6. The van der Waals surface area contributed by atoms with E-state index in [0.717, 1.165) is 5.56 Å². The summed E-state index contributed by atoms with van der Waals surface area (Å²) in [6.45, 7) is 0.162. The van der Waals surface area contributed by atoms with Crippen molar-refractivity contribution in [1.29, 1.82) is 0 Å². The third-order valence-electron chi connectivity index (χ3n) is 4.25. The number of nitrogens with zero attached hydrogens (tertiary/aromatic N) is 2. The van der Waals surface area contributed by atoms with Crippen LogP contribution in [-0.2, 0) is 22.7 Å². The van der Waals surface area contributed by atoms with Gasteiger partial charge < -0.3 is 30.1 Å². The Hall–Kier alpha value is -2.91. The van der Waals surface area contributed by atoms with E-state index in [1.165, 1.54) is 22.7 Å². The van der Waals surface area contributed by atoms with Crippen molar-refractivity contribution in [1.82, 2.24) is 14.8 Å². The standard InChI is InChI=1S/C19H21Cl2N3O6/c1-23(9-11-2-3-13(20)14(21)8-11)18(29)12-10-24(19(30)17(12)28)7-5-15(25)22-6-4-16(26)27/h2-3,8,10,28,30H,4-7,9H2,1H3,(H,22,25)(H,26,27). The molecule has 9 nitrogen and oxygen atoms in total. The van der Waals surface area contributed by atoms with E-state index in [-0.39, 0.29) is 38.0 Å². The highest BCUT2D eigenvalue weighted by Crippen LogP contribution is 2.32. The van der Waals surface area contributed by atoms with Crippen LogP contribution in [0.3, 0.4) is 0 Å². The lowest BCUT2D eigenvalue weighted by Crippen LogP contribution is -2.27. The van der Waals surface area contributed by atoms with Crippen LogP contribution < -0.4 is 5.32 Å². The quantitative estimate of drug-likeness (QED) is 0.457. The number of carboxylic acids is 1. The topological polar surface area (TPSA) is 132 Å². The first-order chi connectivity index (χ1) is 14.1. The van der Waals surface area contributed by atoms with Crippen molar-refractivity contribution in [2.24, 2.45) is 0 Å². The molecule has 1 aromatic heterocycles. The highest BCUT2D eigenvalue weighted by atomic mass is 35.5. The lowest BCUT2D eigenvalue weighted by Gasteiger charge is -2.17. The second-order valence-corrected chi connectivity index (χ2v) is 7.38. The smallest absolute Gasteiger partial charge is 0.305 e. The summed E-state index contributed by atoms with van der Waals surface area (Å²) in [4.78, 5) is 36.2. The molecule has 4 N–H and O–H groups in total. The van der Waals surface area contributed by atoms with Crippen LogP contribution in [0.5, 0.6) is 11.6 Å². The van der Waals surface area contributed by atoms with E-state index < -0.39 is 29.4 Å². The third-order valence-corrected chi connectivity index (χ3v) is 4.98. The Labute approximate surface area is 182 Å². The number of aliphatic carboxylic acids is 1. The average molecular weight is 458 g/mol. The zero-order valence-corrected chi connectivity index (χ0v) is 17.6. The molecule has 11 heteroatoms. The molecule has 0 saturated carbocycles. The number of hydrogen-bond acceptors (Lipinski definition) is 5. The van der Waals surface area contributed by atoms with Gasteiger partial charge in [-0.05, 0) is 17.7 Å². The summed E-state index contributed by atoms with van der Waals surface area (Å²) in [7, 11) is 1.52. The van der Waals surface area contributed by atoms with Crippen molar-refractivity contribution in [3.8, 4) is 11.6 Å². The molecule has 30 heavy (non-hydrogen) atoms. The summed E-state index contributed by atoms with van der Waals surface area (Å²) in [5.41, 5.74) is 0.600. The molecule has 0 spiro atoms. The van der Waals surface area contributed by atoms with Gasteiger partial charge in [-0.2, -0.15) is 0 Å². The second kappa shape index (κ2) is 10.2. The monoisotopic (exact) mass is 457 g/mol. The van der Waals surface area contributed by atoms with Gasteiger partial charge in [-0.25, -0.2) is 0 Å². The van der Waals surface area contributed by atoms with Gasteiger partial charge in [0.05, 0.1) is 16.5 Å². The molecule has 0 atom stereocenters. The SMILES string of the molecule is CN(Cc1ccc(Cl)c(Cl)c1)C(=O)c1cn(CCC(=O)NCCC(=O)O)c(O)c1O. The lowest BCUT2D eigenvalue weighted by molar-refractivity contribution is -0.136. The number of halogens is 2. The molecular weight excluding hydrogens is 437 g/mol. The fourth-order valence-corrected chi connectivity index (χ4v) is 2.99. The molecule has 1 heterocycles. The predicted octanol–water partition coefficient (Wildman–Crippen LogP) is 2.46. The number of aryl methyl sites for hydroxylation is 1. The number of hydrogen-bond donors (Lipinski definition) is 4. The Kier molecular flexibility index (Phi) is 7.96. The lowest BCUT2D eigenvalue weighted by atomic mass is 10.2. The predicted molar refractivity (Wildman–Crippen MR) is 110 cm³/mol. The van der Waals surface area contributed by atoms with Crippen LogP contribution in [0.4, 0.5) is 0 Å². The molecule has 0 unspecified atom stereocenters. The molecule has 0 aliphatic rings. The maximum absolute atomic E-state index is 12.7. The summed E-state index contributed by atoms with van der Waals surface area (Å²) in [5.74, 6) is -3.13. The zero-order valence-electron chi connectivity index (χ0n) is 16.1. The van der Waals surface area contributed by atoms with Gasteiger partial charge >= 0.3 is 5.97 Å². The highest BCUT2D eigenvalue weighted by Gasteiger charge is 2.23. The number of carbonyl (C=O) groups excluding carboxylic acids is 2. The van der Waals surface area contributed by atoms with Gasteiger partial charge in [0.1, 0.15) is 5.56 Å². The highest BCUT2D eigenvalue weighted by molar-refractivity contribution is 6.42. The average Bonchev–Trinajstić information content (AvgIpc) is 2.96. The summed E-state index contributed by atoms with van der Waals surface area (Å²) in [6.07, 6.45) is 0.974. The van der Waals surface area contributed by atoms with Crippen molar-refractivity contribution >= 4 is 41.0 Å².